The summed E-state index contributed by atoms with van der Waals surface area (Å²) in [6.07, 6.45) is -5.72. The number of hydrogen-bond donors (Lipinski definition) is 1. The summed E-state index contributed by atoms with van der Waals surface area (Å²) >= 11 is 2.38. The van der Waals surface area contributed by atoms with E-state index in [1.54, 1.807) is 0 Å². The lowest BCUT2D eigenvalue weighted by Gasteiger charge is -2.26. The largest absolute Gasteiger partial charge is 0.416 e. The lowest BCUT2D eigenvalue weighted by molar-refractivity contribution is -0.198. The topological polar surface area (TPSA) is 20.2 Å². The van der Waals surface area contributed by atoms with E-state index < -0.39 is 16.9 Å². The van der Waals surface area contributed by atoms with Crippen LogP contribution in [0.2, 0.25) is 0 Å². The number of thioether (sulfide) groups is 2. The molecule has 0 unspecified atom stereocenters. The van der Waals surface area contributed by atoms with Gasteiger partial charge in [-0.3, -0.25) is 0 Å². The Morgan fingerprint density at radius 3 is 2.17 bits per heavy atom. The molecule has 1 heterocycles. The van der Waals surface area contributed by atoms with Gasteiger partial charge in [0.15, 0.2) is 6.10 Å². The van der Waals surface area contributed by atoms with Crippen LogP contribution in [0.4, 0.5) is 13.2 Å². The van der Waals surface area contributed by atoms with Gasteiger partial charge in [0, 0.05) is 0 Å². The molecule has 1 N–H and O–H groups in total. The molecule has 0 spiro atoms. The second kappa shape index (κ2) is 4.11. The molecule has 12 heavy (non-hydrogen) atoms. The standard InChI is InChI=1S/C6H9F3OS2/c7-6(8,9)4(10)5-11-2-1-3-12-5/h4-5,10H,1-3H2/t4-/m0/s1. The molecule has 1 nitrogen and oxygen atoms in total. The molecular formula is C6H9F3OS2. The van der Waals surface area contributed by atoms with Gasteiger partial charge in [-0.05, 0) is 17.9 Å². The fourth-order valence-corrected chi connectivity index (χ4v) is 3.75. The van der Waals surface area contributed by atoms with Crippen LogP contribution >= 0.6 is 23.5 Å². The molecule has 0 aliphatic carbocycles. The molecule has 1 fully saturated rings. The molecule has 1 rings (SSSR count). The van der Waals surface area contributed by atoms with Crippen molar-refractivity contribution in [3.8, 4) is 0 Å². The van der Waals surface area contributed by atoms with Crippen LogP contribution in [0, 0.1) is 0 Å². The van der Waals surface area contributed by atoms with Gasteiger partial charge in [-0.15, -0.1) is 23.5 Å². The fourth-order valence-electron chi connectivity index (χ4n) is 0.843. The van der Waals surface area contributed by atoms with Crippen molar-refractivity contribution < 1.29 is 18.3 Å². The molecule has 6 heteroatoms. The maximum atomic E-state index is 12.0. The van der Waals surface area contributed by atoms with E-state index in [-0.39, 0.29) is 0 Å². The zero-order valence-electron chi connectivity index (χ0n) is 6.17. The first-order valence-corrected chi connectivity index (χ1v) is 5.59. The zero-order valence-corrected chi connectivity index (χ0v) is 7.81. The molecule has 1 saturated heterocycles. The molecule has 0 aromatic heterocycles. The summed E-state index contributed by atoms with van der Waals surface area (Å²) in [6.45, 7) is 0. The van der Waals surface area contributed by atoms with Crippen molar-refractivity contribution in [2.45, 2.75) is 23.3 Å². The highest BCUT2D eigenvalue weighted by Crippen LogP contribution is 2.38. The van der Waals surface area contributed by atoms with Crippen molar-refractivity contribution in [3.63, 3.8) is 0 Å². The number of rotatable bonds is 1. The Morgan fingerprint density at radius 2 is 1.75 bits per heavy atom. The van der Waals surface area contributed by atoms with Crippen LogP contribution < -0.4 is 0 Å². The lowest BCUT2D eigenvalue weighted by Crippen LogP contribution is -2.37. The van der Waals surface area contributed by atoms with Gasteiger partial charge in [0.05, 0.1) is 4.58 Å². The van der Waals surface area contributed by atoms with Gasteiger partial charge in [0.1, 0.15) is 0 Å². The molecule has 0 saturated carbocycles. The van der Waals surface area contributed by atoms with E-state index in [2.05, 4.69) is 0 Å². The van der Waals surface area contributed by atoms with Gasteiger partial charge in [0.2, 0.25) is 0 Å². The van der Waals surface area contributed by atoms with E-state index in [1.807, 2.05) is 0 Å². The number of hydrogen-bond acceptors (Lipinski definition) is 3. The van der Waals surface area contributed by atoms with Crippen LogP contribution in [0.1, 0.15) is 6.42 Å². The maximum absolute atomic E-state index is 12.0. The van der Waals surface area contributed by atoms with E-state index >= 15 is 0 Å². The van der Waals surface area contributed by atoms with Gasteiger partial charge in [0.25, 0.3) is 0 Å². The second-order valence-corrected chi connectivity index (χ2v) is 5.25. The Hall–Kier alpha value is 0.450. The van der Waals surface area contributed by atoms with Gasteiger partial charge in [-0.2, -0.15) is 13.2 Å². The number of aliphatic hydroxyl groups is 1. The van der Waals surface area contributed by atoms with Crippen LogP contribution in [-0.2, 0) is 0 Å². The molecule has 1 aliphatic heterocycles. The van der Waals surface area contributed by atoms with E-state index in [9.17, 15) is 13.2 Å². The second-order valence-electron chi connectivity index (χ2n) is 2.45. The van der Waals surface area contributed by atoms with Crippen molar-refractivity contribution in [1.82, 2.24) is 0 Å². The van der Waals surface area contributed by atoms with Crippen molar-refractivity contribution in [2.24, 2.45) is 0 Å². The van der Waals surface area contributed by atoms with Gasteiger partial charge >= 0.3 is 6.18 Å². The first-order chi connectivity index (χ1) is 5.52. The van der Waals surface area contributed by atoms with Crippen molar-refractivity contribution in [1.29, 1.82) is 0 Å². The monoisotopic (exact) mass is 218 g/mol. The Bertz CT molecular complexity index is 144. The third-order valence-corrected chi connectivity index (χ3v) is 4.48. The third kappa shape index (κ3) is 2.74. The summed E-state index contributed by atoms with van der Waals surface area (Å²) in [7, 11) is 0. The average molecular weight is 218 g/mol. The fraction of sp³-hybridized carbons (Fsp3) is 1.00. The molecule has 1 aliphatic rings. The molecule has 1 atom stereocenters. The Morgan fingerprint density at radius 1 is 1.25 bits per heavy atom. The summed E-state index contributed by atoms with van der Waals surface area (Å²) in [6, 6.07) is 0. The quantitative estimate of drug-likeness (QED) is 0.728. The Kier molecular flexibility index (Phi) is 3.60. The SMILES string of the molecule is O[C@@H](C1SCCCS1)C(F)(F)F. The summed E-state index contributed by atoms with van der Waals surface area (Å²) in [4.78, 5) is 0. The average Bonchev–Trinajstić information content (AvgIpc) is 2.03. The third-order valence-electron chi connectivity index (χ3n) is 1.45. The van der Waals surface area contributed by atoms with E-state index in [1.165, 1.54) is 23.5 Å². The van der Waals surface area contributed by atoms with Gasteiger partial charge < -0.3 is 5.11 Å². The molecule has 0 aromatic rings. The first kappa shape index (κ1) is 10.5. The minimum atomic E-state index is -4.47. The van der Waals surface area contributed by atoms with E-state index in [0.29, 0.717) is 11.5 Å². The van der Waals surface area contributed by atoms with E-state index in [0.717, 1.165) is 6.42 Å². The highest BCUT2D eigenvalue weighted by atomic mass is 32.2. The smallest absolute Gasteiger partial charge is 0.382 e. The highest BCUT2D eigenvalue weighted by molar-refractivity contribution is 8.17. The molecular weight excluding hydrogens is 209 g/mol. The van der Waals surface area contributed by atoms with Gasteiger partial charge in [-0.1, -0.05) is 0 Å². The van der Waals surface area contributed by atoms with Crippen LogP contribution in [-0.4, -0.2) is 33.5 Å². The molecule has 0 bridgehead atoms. The van der Waals surface area contributed by atoms with E-state index in [4.69, 9.17) is 5.11 Å². The number of halogens is 3. The number of aliphatic hydroxyl groups excluding tert-OH is 1. The highest BCUT2D eigenvalue weighted by Gasteiger charge is 2.44. The summed E-state index contributed by atoms with van der Waals surface area (Å²) in [5, 5.41) is 8.84. The van der Waals surface area contributed by atoms with Crippen molar-refractivity contribution in [3.05, 3.63) is 0 Å². The van der Waals surface area contributed by atoms with Crippen molar-refractivity contribution >= 4 is 23.5 Å². The predicted molar refractivity (Wildman–Crippen MR) is 45.4 cm³/mol. The molecule has 72 valence electrons. The Labute approximate surface area is 77.1 Å². The normalized spacial score (nSPS) is 24.0. The molecule has 0 amide bonds. The zero-order chi connectivity index (χ0) is 9.19. The van der Waals surface area contributed by atoms with Crippen molar-refractivity contribution in [2.75, 3.05) is 11.5 Å². The minimum Gasteiger partial charge on any atom is -0.382 e. The van der Waals surface area contributed by atoms with Crippen LogP contribution in [0.3, 0.4) is 0 Å². The summed E-state index contributed by atoms with van der Waals surface area (Å²) in [5.74, 6) is 1.43. The van der Waals surface area contributed by atoms with Crippen LogP contribution in [0.5, 0.6) is 0 Å². The molecule has 0 aromatic carbocycles. The molecule has 0 radical (unpaired) electrons. The first-order valence-electron chi connectivity index (χ1n) is 3.50. The lowest BCUT2D eigenvalue weighted by atomic mass is 10.4. The maximum Gasteiger partial charge on any atom is 0.416 e. The minimum absolute atomic E-state index is 0.713. The van der Waals surface area contributed by atoms with Crippen LogP contribution in [0.25, 0.3) is 0 Å². The summed E-state index contributed by atoms with van der Waals surface area (Å²) in [5.41, 5.74) is 0. The number of alkyl halides is 3. The summed E-state index contributed by atoms with van der Waals surface area (Å²) < 4.78 is 35.1. The van der Waals surface area contributed by atoms with Crippen LogP contribution in [0.15, 0.2) is 0 Å². The predicted octanol–water partition coefficient (Wildman–Crippen LogP) is 2.11. The Balaban J connectivity index is 2.45. The van der Waals surface area contributed by atoms with Gasteiger partial charge in [-0.25, -0.2) is 0 Å².